The molecule has 1 rings (SSSR count). The van der Waals surface area contributed by atoms with E-state index in [2.05, 4.69) is 0 Å². The van der Waals surface area contributed by atoms with Crippen molar-refractivity contribution < 1.29 is 28.2 Å². The van der Waals surface area contributed by atoms with E-state index in [0.717, 1.165) is 12.1 Å². The van der Waals surface area contributed by atoms with Crippen LogP contribution in [-0.4, -0.2) is 22.3 Å². The third kappa shape index (κ3) is 3.36. The van der Waals surface area contributed by atoms with Gasteiger partial charge in [0, 0.05) is 0 Å². The third-order valence-electron chi connectivity index (χ3n) is 2.41. The first kappa shape index (κ1) is 14.3. The van der Waals surface area contributed by atoms with Crippen LogP contribution in [0.4, 0.5) is 18.0 Å². The van der Waals surface area contributed by atoms with Crippen molar-refractivity contribution in [2.45, 2.75) is 25.2 Å². The van der Waals surface area contributed by atoms with Crippen molar-refractivity contribution in [2.24, 2.45) is 0 Å². The molecule has 0 saturated carbocycles. The Morgan fingerprint density at radius 2 is 1.89 bits per heavy atom. The number of aliphatic hydroxyl groups excluding tert-OH is 1. The second kappa shape index (κ2) is 5.26. The first-order valence-electron chi connectivity index (χ1n) is 5.07. The number of rotatable bonds is 3. The van der Waals surface area contributed by atoms with E-state index >= 15 is 0 Å². The Labute approximate surface area is 101 Å². The molecule has 0 bridgehead atoms. The Bertz CT molecular complexity index is 434. The van der Waals surface area contributed by atoms with Crippen molar-refractivity contribution in [3.63, 3.8) is 0 Å². The number of carbonyl (C=O) groups is 1. The van der Waals surface area contributed by atoms with Gasteiger partial charge in [-0.3, -0.25) is 0 Å². The van der Waals surface area contributed by atoms with Crippen molar-refractivity contribution >= 4 is 6.09 Å². The van der Waals surface area contributed by atoms with Crippen molar-refractivity contribution in [3.05, 3.63) is 35.4 Å². The number of hydrogen-bond acceptors (Lipinski definition) is 2. The van der Waals surface area contributed by atoms with Gasteiger partial charge in [-0.25, -0.2) is 4.79 Å². The predicted molar refractivity (Wildman–Crippen MR) is 57.0 cm³/mol. The highest BCUT2D eigenvalue weighted by atomic mass is 19.4. The number of nitrogens with one attached hydrogen (secondary N) is 1. The van der Waals surface area contributed by atoms with Crippen LogP contribution in [-0.2, 0) is 6.18 Å². The van der Waals surface area contributed by atoms with E-state index in [1.807, 2.05) is 5.32 Å². The zero-order valence-electron chi connectivity index (χ0n) is 9.40. The predicted octanol–water partition coefficient (Wildman–Crippen LogP) is 2.39. The van der Waals surface area contributed by atoms with Crippen LogP contribution < -0.4 is 5.32 Å². The van der Waals surface area contributed by atoms with Gasteiger partial charge in [-0.05, 0) is 18.6 Å². The summed E-state index contributed by atoms with van der Waals surface area (Å²) in [4.78, 5) is 10.4. The standard InChI is InChI=1S/C11H12F3NO3/c1-6(15-10(17)18)9(16)7-4-2-3-5-8(7)11(12,13)14/h2-6,9,15-16H,1H3,(H,17,18)/t6-,9-/m1/s1. The summed E-state index contributed by atoms with van der Waals surface area (Å²) in [5.41, 5.74) is -1.33. The lowest BCUT2D eigenvalue weighted by atomic mass is 9.97. The lowest BCUT2D eigenvalue weighted by molar-refractivity contribution is -0.139. The first-order valence-corrected chi connectivity index (χ1v) is 5.07. The van der Waals surface area contributed by atoms with E-state index in [9.17, 15) is 23.1 Å². The monoisotopic (exact) mass is 263 g/mol. The zero-order valence-corrected chi connectivity index (χ0v) is 9.40. The van der Waals surface area contributed by atoms with Crippen LogP contribution in [0.2, 0.25) is 0 Å². The summed E-state index contributed by atoms with van der Waals surface area (Å²) < 4.78 is 38.1. The maximum absolute atomic E-state index is 12.7. The van der Waals surface area contributed by atoms with Crippen LogP contribution in [0, 0.1) is 0 Å². The minimum Gasteiger partial charge on any atom is -0.465 e. The smallest absolute Gasteiger partial charge is 0.416 e. The number of halogens is 3. The van der Waals surface area contributed by atoms with E-state index in [0.29, 0.717) is 0 Å². The molecule has 1 aromatic rings. The lowest BCUT2D eigenvalue weighted by Crippen LogP contribution is -2.36. The van der Waals surface area contributed by atoms with Gasteiger partial charge in [0.15, 0.2) is 0 Å². The maximum atomic E-state index is 12.7. The molecule has 7 heteroatoms. The molecule has 0 fully saturated rings. The molecule has 0 spiro atoms. The van der Waals surface area contributed by atoms with E-state index in [1.54, 1.807) is 0 Å². The van der Waals surface area contributed by atoms with Gasteiger partial charge in [0.1, 0.15) is 0 Å². The molecule has 0 aromatic heterocycles. The summed E-state index contributed by atoms with van der Waals surface area (Å²) in [7, 11) is 0. The average molecular weight is 263 g/mol. The van der Waals surface area contributed by atoms with Crippen LogP contribution in [0.1, 0.15) is 24.2 Å². The molecule has 2 atom stereocenters. The highest BCUT2D eigenvalue weighted by Crippen LogP contribution is 2.35. The molecule has 1 aromatic carbocycles. The lowest BCUT2D eigenvalue weighted by Gasteiger charge is -2.22. The summed E-state index contributed by atoms with van der Waals surface area (Å²) in [6, 6.07) is 3.46. The molecular weight excluding hydrogens is 251 g/mol. The van der Waals surface area contributed by atoms with Crippen molar-refractivity contribution in [1.82, 2.24) is 5.32 Å². The third-order valence-corrected chi connectivity index (χ3v) is 2.41. The normalized spacial score (nSPS) is 14.9. The van der Waals surface area contributed by atoms with E-state index in [1.165, 1.54) is 19.1 Å². The Morgan fingerprint density at radius 3 is 2.39 bits per heavy atom. The molecule has 3 N–H and O–H groups in total. The maximum Gasteiger partial charge on any atom is 0.416 e. The number of alkyl halides is 3. The Hall–Kier alpha value is -1.76. The average Bonchev–Trinajstić information content (AvgIpc) is 2.26. The molecule has 0 saturated heterocycles. The van der Waals surface area contributed by atoms with Crippen LogP contribution in [0.5, 0.6) is 0 Å². The van der Waals surface area contributed by atoms with Crippen LogP contribution in [0.3, 0.4) is 0 Å². The van der Waals surface area contributed by atoms with Gasteiger partial charge < -0.3 is 15.5 Å². The van der Waals surface area contributed by atoms with Crippen LogP contribution >= 0.6 is 0 Å². The summed E-state index contributed by atoms with van der Waals surface area (Å²) in [5, 5.41) is 20.1. The van der Waals surface area contributed by atoms with E-state index in [-0.39, 0.29) is 5.56 Å². The number of carboxylic acid groups (broad SMARTS) is 1. The molecule has 4 nitrogen and oxygen atoms in total. The Balaban J connectivity index is 3.06. The summed E-state index contributed by atoms with van der Waals surface area (Å²) >= 11 is 0. The molecule has 100 valence electrons. The molecule has 0 heterocycles. The topological polar surface area (TPSA) is 69.6 Å². The first-order chi connectivity index (χ1) is 8.23. The minimum atomic E-state index is -4.60. The highest BCUT2D eigenvalue weighted by Gasteiger charge is 2.35. The number of amides is 1. The van der Waals surface area contributed by atoms with Crippen LogP contribution in [0.15, 0.2) is 24.3 Å². The molecule has 0 unspecified atom stereocenters. The molecule has 0 aliphatic carbocycles. The van der Waals surface area contributed by atoms with Crippen LogP contribution in [0.25, 0.3) is 0 Å². The molecule has 0 aliphatic heterocycles. The van der Waals surface area contributed by atoms with Gasteiger partial charge in [0.05, 0.1) is 17.7 Å². The van der Waals surface area contributed by atoms with Crippen molar-refractivity contribution in [2.75, 3.05) is 0 Å². The zero-order chi connectivity index (χ0) is 13.9. The van der Waals surface area contributed by atoms with Gasteiger partial charge in [-0.2, -0.15) is 13.2 Å². The van der Waals surface area contributed by atoms with Gasteiger partial charge >= 0.3 is 12.3 Å². The fourth-order valence-electron chi connectivity index (χ4n) is 1.56. The quantitative estimate of drug-likeness (QED) is 0.784. The molecule has 1 amide bonds. The van der Waals surface area contributed by atoms with Gasteiger partial charge in [-0.15, -0.1) is 0 Å². The fraction of sp³-hybridized carbons (Fsp3) is 0.364. The number of benzene rings is 1. The minimum absolute atomic E-state index is 0.355. The number of hydrogen-bond donors (Lipinski definition) is 3. The summed E-state index contributed by atoms with van der Waals surface area (Å²) in [6.07, 6.45) is -7.58. The SMILES string of the molecule is C[C@@H](NC(=O)O)[C@@H](O)c1ccccc1C(F)(F)F. The fourth-order valence-corrected chi connectivity index (χ4v) is 1.56. The summed E-state index contributed by atoms with van der Waals surface area (Å²) in [6.45, 7) is 1.28. The number of aliphatic hydroxyl groups is 1. The highest BCUT2D eigenvalue weighted by molar-refractivity contribution is 5.65. The second-order valence-corrected chi connectivity index (χ2v) is 3.77. The Morgan fingerprint density at radius 1 is 1.33 bits per heavy atom. The van der Waals surface area contributed by atoms with Gasteiger partial charge in [0.2, 0.25) is 0 Å². The molecule has 0 aliphatic rings. The largest absolute Gasteiger partial charge is 0.465 e. The van der Waals surface area contributed by atoms with Crippen molar-refractivity contribution in [1.29, 1.82) is 0 Å². The van der Waals surface area contributed by atoms with Gasteiger partial charge in [-0.1, -0.05) is 18.2 Å². The Kier molecular flexibility index (Phi) is 4.18. The summed E-state index contributed by atoms with van der Waals surface area (Å²) in [5.74, 6) is 0. The second-order valence-electron chi connectivity index (χ2n) is 3.77. The van der Waals surface area contributed by atoms with Gasteiger partial charge in [0.25, 0.3) is 0 Å². The van der Waals surface area contributed by atoms with E-state index < -0.39 is 30.0 Å². The molecular formula is C11H12F3NO3. The van der Waals surface area contributed by atoms with E-state index in [4.69, 9.17) is 5.11 Å². The molecule has 0 radical (unpaired) electrons. The van der Waals surface area contributed by atoms with Crippen molar-refractivity contribution in [3.8, 4) is 0 Å². The molecule has 18 heavy (non-hydrogen) atoms.